The fraction of sp³-hybridized carbons (Fsp3) is 0.643. The second-order valence-corrected chi connectivity index (χ2v) is 4.47. The molecule has 18 heavy (non-hydrogen) atoms. The van der Waals surface area contributed by atoms with Crippen molar-refractivity contribution >= 4 is 5.97 Å². The average molecular weight is 250 g/mol. The highest BCUT2D eigenvalue weighted by molar-refractivity contribution is 5.86. The third-order valence-electron chi connectivity index (χ3n) is 2.85. The lowest BCUT2D eigenvalue weighted by Crippen LogP contribution is -2.18. The van der Waals surface area contributed by atoms with Crippen molar-refractivity contribution in [3.63, 3.8) is 0 Å². The Kier molecular flexibility index (Phi) is 6.33. The summed E-state index contributed by atoms with van der Waals surface area (Å²) < 4.78 is 5.43. The van der Waals surface area contributed by atoms with Crippen molar-refractivity contribution in [3.8, 4) is 0 Å². The van der Waals surface area contributed by atoms with Gasteiger partial charge in [-0.05, 0) is 26.2 Å². The standard InChI is InChI=1S/C14H22N2O2/c1-4-6-7-8-12(5-2)18-14(17)13-10-15-11(3)9-16-13/h9-10,12H,4-8H2,1-3H3/t12-/m0/s1. The number of nitrogens with zero attached hydrogens (tertiary/aromatic N) is 2. The summed E-state index contributed by atoms with van der Waals surface area (Å²) in [5, 5.41) is 0. The molecule has 0 aliphatic carbocycles. The van der Waals surface area contributed by atoms with Crippen LogP contribution < -0.4 is 0 Å². The van der Waals surface area contributed by atoms with Gasteiger partial charge in [0.15, 0.2) is 5.69 Å². The van der Waals surface area contributed by atoms with E-state index in [1.54, 1.807) is 6.20 Å². The lowest BCUT2D eigenvalue weighted by atomic mass is 10.1. The van der Waals surface area contributed by atoms with Crippen LogP contribution in [-0.2, 0) is 4.74 Å². The van der Waals surface area contributed by atoms with Gasteiger partial charge in [0.2, 0.25) is 0 Å². The van der Waals surface area contributed by atoms with Crippen molar-refractivity contribution in [2.45, 2.75) is 59.0 Å². The van der Waals surface area contributed by atoms with E-state index in [1.807, 2.05) is 13.8 Å². The first-order chi connectivity index (χ1) is 8.67. The SMILES string of the molecule is CCCCC[C@H](CC)OC(=O)c1cnc(C)cn1. The lowest BCUT2D eigenvalue weighted by Gasteiger charge is -2.15. The highest BCUT2D eigenvalue weighted by atomic mass is 16.5. The summed E-state index contributed by atoms with van der Waals surface area (Å²) in [7, 11) is 0. The number of rotatable bonds is 7. The van der Waals surface area contributed by atoms with Crippen LogP contribution in [0.4, 0.5) is 0 Å². The molecule has 0 spiro atoms. The Morgan fingerprint density at radius 2 is 2.06 bits per heavy atom. The molecule has 0 amide bonds. The normalized spacial score (nSPS) is 12.2. The van der Waals surface area contributed by atoms with Gasteiger partial charge >= 0.3 is 5.97 Å². The minimum absolute atomic E-state index is 0.00727. The summed E-state index contributed by atoms with van der Waals surface area (Å²) in [6.07, 6.45) is 8.26. The summed E-state index contributed by atoms with van der Waals surface area (Å²) in [6, 6.07) is 0. The number of unbranched alkanes of at least 4 members (excludes halogenated alkanes) is 2. The smallest absolute Gasteiger partial charge is 0.358 e. The van der Waals surface area contributed by atoms with Crippen molar-refractivity contribution < 1.29 is 9.53 Å². The van der Waals surface area contributed by atoms with Crippen LogP contribution in [0.5, 0.6) is 0 Å². The molecule has 0 fully saturated rings. The molecular formula is C14H22N2O2. The molecule has 1 aromatic rings. The molecule has 0 aliphatic heterocycles. The predicted octanol–water partition coefficient (Wildman–Crippen LogP) is 3.30. The largest absolute Gasteiger partial charge is 0.458 e. The molecule has 0 saturated carbocycles. The summed E-state index contributed by atoms with van der Waals surface area (Å²) in [4.78, 5) is 19.9. The zero-order valence-electron chi connectivity index (χ0n) is 11.5. The highest BCUT2D eigenvalue weighted by Crippen LogP contribution is 2.12. The van der Waals surface area contributed by atoms with E-state index in [0.717, 1.165) is 25.0 Å². The van der Waals surface area contributed by atoms with Crippen LogP contribution in [0, 0.1) is 6.92 Å². The Bertz CT molecular complexity index is 363. The van der Waals surface area contributed by atoms with Gasteiger partial charge in [-0.15, -0.1) is 0 Å². The van der Waals surface area contributed by atoms with Crippen molar-refractivity contribution in [3.05, 3.63) is 23.8 Å². The second kappa shape index (κ2) is 7.80. The predicted molar refractivity (Wildman–Crippen MR) is 70.4 cm³/mol. The fourth-order valence-corrected chi connectivity index (χ4v) is 1.68. The fourth-order valence-electron chi connectivity index (χ4n) is 1.68. The molecule has 0 radical (unpaired) electrons. The third kappa shape index (κ3) is 4.82. The number of aromatic nitrogens is 2. The van der Waals surface area contributed by atoms with E-state index in [-0.39, 0.29) is 17.8 Å². The van der Waals surface area contributed by atoms with Crippen molar-refractivity contribution in [1.82, 2.24) is 9.97 Å². The van der Waals surface area contributed by atoms with Gasteiger partial charge in [0, 0.05) is 6.20 Å². The molecule has 0 bridgehead atoms. The molecule has 0 saturated heterocycles. The molecular weight excluding hydrogens is 228 g/mol. The van der Waals surface area contributed by atoms with E-state index < -0.39 is 0 Å². The highest BCUT2D eigenvalue weighted by Gasteiger charge is 2.15. The number of ether oxygens (including phenoxy) is 1. The van der Waals surface area contributed by atoms with Gasteiger partial charge in [0.1, 0.15) is 6.10 Å². The Labute approximate surface area is 109 Å². The summed E-state index contributed by atoms with van der Waals surface area (Å²) >= 11 is 0. The molecule has 0 N–H and O–H groups in total. The monoisotopic (exact) mass is 250 g/mol. The Morgan fingerprint density at radius 3 is 2.61 bits per heavy atom. The van der Waals surface area contributed by atoms with Gasteiger partial charge in [0.25, 0.3) is 0 Å². The summed E-state index contributed by atoms with van der Waals surface area (Å²) in [5.41, 5.74) is 1.08. The van der Waals surface area contributed by atoms with Gasteiger partial charge in [-0.2, -0.15) is 0 Å². The lowest BCUT2D eigenvalue weighted by molar-refractivity contribution is 0.0260. The van der Waals surface area contributed by atoms with E-state index in [0.29, 0.717) is 0 Å². The van der Waals surface area contributed by atoms with Crippen LogP contribution in [-0.4, -0.2) is 22.0 Å². The van der Waals surface area contributed by atoms with E-state index in [9.17, 15) is 4.79 Å². The number of carbonyl (C=O) groups excluding carboxylic acids is 1. The molecule has 1 aromatic heterocycles. The molecule has 1 heterocycles. The minimum Gasteiger partial charge on any atom is -0.458 e. The number of carbonyl (C=O) groups is 1. The summed E-state index contributed by atoms with van der Waals surface area (Å²) in [5.74, 6) is -0.370. The maximum atomic E-state index is 11.8. The van der Waals surface area contributed by atoms with E-state index in [1.165, 1.54) is 19.0 Å². The number of esters is 1. The van der Waals surface area contributed by atoms with Crippen molar-refractivity contribution in [1.29, 1.82) is 0 Å². The molecule has 1 rings (SSSR count). The van der Waals surface area contributed by atoms with Crippen LogP contribution >= 0.6 is 0 Å². The third-order valence-corrected chi connectivity index (χ3v) is 2.85. The van der Waals surface area contributed by atoms with E-state index in [4.69, 9.17) is 4.74 Å². The molecule has 100 valence electrons. The molecule has 1 atom stereocenters. The van der Waals surface area contributed by atoms with Crippen LogP contribution in [0.15, 0.2) is 12.4 Å². The first-order valence-electron chi connectivity index (χ1n) is 6.67. The maximum Gasteiger partial charge on any atom is 0.358 e. The average Bonchev–Trinajstić information content (AvgIpc) is 2.38. The van der Waals surface area contributed by atoms with Gasteiger partial charge in [0.05, 0.1) is 11.9 Å². The zero-order chi connectivity index (χ0) is 13.4. The quantitative estimate of drug-likeness (QED) is 0.550. The van der Waals surface area contributed by atoms with Gasteiger partial charge in [-0.25, -0.2) is 9.78 Å². The van der Waals surface area contributed by atoms with E-state index >= 15 is 0 Å². The zero-order valence-corrected chi connectivity index (χ0v) is 11.5. The van der Waals surface area contributed by atoms with Crippen LogP contribution in [0.3, 0.4) is 0 Å². The van der Waals surface area contributed by atoms with Crippen LogP contribution in [0.25, 0.3) is 0 Å². The topological polar surface area (TPSA) is 52.1 Å². The molecule has 4 nitrogen and oxygen atoms in total. The Hall–Kier alpha value is -1.45. The minimum atomic E-state index is -0.370. The van der Waals surface area contributed by atoms with Gasteiger partial charge in [-0.1, -0.05) is 26.7 Å². The van der Waals surface area contributed by atoms with Gasteiger partial charge in [-0.3, -0.25) is 4.98 Å². The number of aryl methyl sites for hydroxylation is 1. The Balaban J connectivity index is 2.48. The van der Waals surface area contributed by atoms with Crippen LogP contribution in [0.2, 0.25) is 0 Å². The molecule has 4 heteroatoms. The first kappa shape index (κ1) is 14.6. The second-order valence-electron chi connectivity index (χ2n) is 4.47. The summed E-state index contributed by atoms with van der Waals surface area (Å²) in [6.45, 7) is 6.03. The number of hydrogen-bond acceptors (Lipinski definition) is 4. The Morgan fingerprint density at radius 1 is 1.28 bits per heavy atom. The maximum absolute atomic E-state index is 11.8. The van der Waals surface area contributed by atoms with Crippen LogP contribution in [0.1, 0.15) is 62.1 Å². The van der Waals surface area contributed by atoms with Crippen molar-refractivity contribution in [2.75, 3.05) is 0 Å². The van der Waals surface area contributed by atoms with Crippen molar-refractivity contribution in [2.24, 2.45) is 0 Å². The van der Waals surface area contributed by atoms with Gasteiger partial charge < -0.3 is 4.74 Å². The first-order valence-corrected chi connectivity index (χ1v) is 6.67. The molecule has 0 aromatic carbocycles. The molecule has 0 unspecified atom stereocenters. The molecule has 0 aliphatic rings. The number of hydrogen-bond donors (Lipinski definition) is 0. The van der Waals surface area contributed by atoms with E-state index in [2.05, 4.69) is 16.9 Å².